The number of benzene rings is 1. The Morgan fingerprint density at radius 3 is 2.80 bits per heavy atom. The highest BCUT2D eigenvalue weighted by Gasteiger charge is 2.18. The number of hydrogen-bond donors (Lipinski definition) is 1. The lowest BCUT2D eigenvalue weighted by Crippen LogP contribution is -2.07. The van der Waals surface area contributed by atoms with Crippen LogP contribution in [-0.4, -0.2) is 23.8 Å². The van der Waals surface area contributed by atoms with E-state index >= 15 is 0 Å². The second-order valence-corrected chi connectivity index (χ2v) is 7.79. The van der Waals surface area contributed by atoms with Crippen molar-refractivity contribution in [1.82, 2.24) is 4.98 Å². The third-order valence-electron chi connectivity index (χ3n) is 4.76. The summed E-state index contributed by atoms with van der Waals surface area (Å²) in [6.45, 7) is 0.462. The van der Waals surface area contributed by atoms with E-state index in [0.29, 0.717) is 23.5 Å². The van der Waals surface area contributed by atoms with Gasteiger partial charge in [0.2, 0.25) is 0 Å². The maximum absolute atomic E-state index is 11.6. The van der Waals surface area contributed by atoms with Gasteiger partial charge in [-0.1, -0.05) is 18.2 Å². The Hall–Kier alpha value is -3.50. The van der Waals surface area contributed by atoms with Crippen LogP contribution in [0.3, 0.4) is 0 Å². The quantitative estimate of drug-likeness (QED) is 0.559. The van der Waals surface area contributed by atoms with E-state index in [0.717, 1.165) is 39.5 Å². The van der Waals surface area contributed by atoms with Gasteiger partial charge in [0.25, 0.3) is 0 Å². The topological polar surface area (TPSA) is 88.2 Å². The molecule has 3 aromatic rings. The molecule has 0 aliphatic carbocycles. The van der Waals surface area contributed by atoms with Crippen molar-refractivity contribution < 1.29 is 13.9 Å². The Balaban J connectivity index is 1.66. The van der Waals surface area contributed by atoms with Crippen LogP contribution in [0.5, 0.6) is 0 Å². The fraction of sp³-hybridized carbons (Fsp3) is 0.174. The first-order valence-electron chi connectivity index (χ1n) is 9.41. The van der Waals surface area contributed by atoms with Crippen LogP contribution in [0.2, 0.25) is 0 Å². The summed E-state index contributed by atoms with van der Waals surface area (Å²) in [5.74, 6) is 1.19. The van der Waals surface area contributed by atoms with E-state index < -0.39 is 0 Å². The van der Waals surface area contributed by atoms with E-state index in [1.165, 1.54) is 7.11 Å². The van der Waals surface area contributed by atoms with Crippen LogP contribution in [-0.2, 0) is 11.3 Å². The number of nitrogens with zero attached hydrogens (tertiary/aromatic N) is 2. The van der Waals surface area contributed by atoms with Gasteiger partial charge in [0, 0.05) is 28.3 Å². The molecule has 0 atom stereocenters. The van der Waals surface area contributed by atoms with Crippen molar-refractivity contribution in [3.63, 3.8) is 0 Å². The molecule has 6 nitrogen and oxygen atoms in total. The molecular weight excluding hydrogens is 398 g/mol. The molecule has 150 valence electrons. The molecule has 1 aliphatic heterocycles. The standard InChI is InChI=1S/C23H19N3O3S/c1-28-23(27)16-6-4-15(5-7-16)13-25-22-19(12-24)18(17-8-9-29-14-17)11-20(26-22)21-3-2-10-30-21/h3-9,11,14H,2,10,13H2,1H3,(H,25,26). The molecular formula is C23H19N3O3S. The highest BCUT2D eigenvalue weighted by Crippen LogP contribution is 2.37. The van der Waals surface area contributed by atoms with Crippen molar-refractivity contribution >= 4 is 28.5 Å². The average Bonchev–Trinajstić information content (AvgIpc) is 3.51. The number of methoxy groups -OCH3 is 1. The Labute approximate surface area is 178 Å². The number of thioether (sulfide) groups is 1. The van der Waals surface area contributed by atoms with Crippen LogP contribution >= 0.6 is 11.8 Å². The molecule has 0 saturated carbocycles. The van der Waals surface area contributed by atoms with E-state index in [-0.39, 0.29) is 5.97 Å². The molecule has 0 amide bonds. The molecule has 0 spiro atoms. The molecule has 1 aliphatic rings. The second kappa shape index (κ2) is 8.89. The zero-order valence-electron chi connectivity index (χ0n) is 16.3. The smallest absolute Gasteiger partial charge is 0.337 e. The van der Waals surface area contributed by atoms with E-state index in [4.69, 9.17) is 14.1 Å². The monoisotopic (exact) mass is 417 g/mol. The number of esters is 1. The molecule has 1 aromatic carbocycles. The molecule has 30 heavy (non-hydrogen) atoms. The molecule has 4 rings (SSSR count). The van der Waals surface area contributed by atoms with Crippen molar-refractivity contribution in [2.24, 2.45) is 0 Å². The number of anilines is 1. The van der Waals surface area contributed by atoms with Gasteiger partial charge in [0.05, 0.1) is 30.9 Å². The van der Waals surface area contributed by atoms with Crippen molar-refractivity contribution in [3.05, 3.63) is 77.4 Å². The minimum Gasteiger partial charge on any atom is -0.472 e. The minimum atomic E-state index is -0.372. The fourth-order valence-corrected chi connectivity index (χ4v) is 4.16. The summed E-state index contributed by atoms with van der Waals surface area (Å²) in [5.41, 5.74) is 4.38. The third-order valence-corrected chi connectivity index (χ3v) is 5.88. The van der Waals surface area contributed by atoms with Gasteiger partial charge >= 0.3 is 5.97 Å². The number of allylic oxidation sites excluding steroid dienone is 1. The van der Waals surface area contributed by atoms with Gasteiger partial charge in [-0.3, -0.25) is 0 Å². The fourth-order valence-electron chi connectivity index (χ4n) is 3.22. The van der Waals surface area contributed by atoms with E-state index in [1.807, 2.05) is 24.3 Å². The number of pyridine rings is 1. The predicted octanol–water partition coefficient (Wildman–Crippen LogP) is 5.09. The summed E-state index contributed by atoms with van der Waals surface area (Å²) >= 11 is 1.77. The first-order valence-corrected chi connectivity index (χ1v) is 10.4. The van der Waals surface area contributed by atoms with Gasteiger partial charge in [0.1, 0.15) is 17.5 Å². The number of ether oxygens (including phenoxy) is 1. The molecule has 0 fully saturated rings. The molecule has 0 unspecified atom stereocenters. The lowest BCUT2D eigenvalue weighted by atomic mass is 10.0. The van der Waals surface area contributed by atoms with Gasteiger partial charge in [-0.2, -0.15) is 5.26 Å². The van der Waals surface area contributed by atoms with Crippen LogP contribution in [0.25, 0.3) is 16.0 Å². The van der Waals surface area contributed by atoms with E-state index in [2.05, 4.69) is 17.5 Å². The number of hydrogen-bond acceptors (Lipinski definition) is 7. The lowest BCUT2D eigenvalue weighted by Gasteiger charge is -2.14. The highest BCUT2D eigenvalue weighted by molar-refractivity contribution is 8.08. The van der Waals surface area contributed by atoms with Gasteiger partial charge < -0.3 is 14.5 Å². The summed E-state index contributed by atoms with van der Waals surface area (Å²) in [6, 6.07) is 13.2. The Morgan fingerprint density at radius 1 is 1.33 bits per heavy atom. The summed E-state index contributed by atoms with van der Waals surface area (Å²) in [5, 5.41) is 13.1. The SMILES string of the molecule is COC(=O)c1ccc(CNc2nc(C3=CCCS3)cc(-c3ccoc3)c2C#N)cc1. The predicted molar refractivity (Wildman–Crippen MR) is 117 cm³/mol. The highest BCUT2D eigenvalue weighted by atomic mass is 32.2. The van der Waals surface area contributed by atoms with Gasteiger partial charge in [-0.05, 0) is 36.2 Å². The number of rotatable bonds is 6. The zero-order valence-corrected chi connectivity index (χ0v) is 17.2. The molecule has 0 radical (unpaired) electrons. The van der Waals surface area contributed by atoms with Crippen molar-refractivity contribution in [1.29, 1.82) is 5.26 Å². The molecule has 2 aromatic heterocycles. The maximum atomic E-state index is 11.6. The Bertz CT molecular complexity index is 1130. The average molecular weight is 417 g/mol. The third kappa shape index (κ3) is 4.09. The summed E-state index contributed by atoms with van der Waals surface area (Å²) in [6.07, 6.45) is 6.41. The summed E-state index contributed by atoms with van der Waals surface area (Å²) < 4.78 is 9.97. The molecule has 3 heterocycles. The molecule has 0 bridgehead atoms. The Morgan fingerprint density at radius 2 is 2.17 bits per heavy atom. The molecule has 0 saturated heterocycles. The van der Waals surface area contributed by atoms with Crippen LogP contribution in [0, 0.1) is 11.3 Å². The van der Waals surface area contributed by atoms with Crippen molar-refractivity contribution in [3.8, 4) is 17.2 Å². The van der Waals surface area contributed by atoms with Gasteiger partial charge in [-0.25, -0.2) is 9.78 Å². The molecule has 1 N–H and O–H groups in total. The zero-order chi connectivity index (χ0) is 20.9. The summed E-state index contributed by atoms with van der Waals surface area (Å²) in [4.78, 5) is 17.5. The largest absolute Gasteiger partial charge is 0.472 e. The summed E-state index contributed by atoms with van der Waals surface area (Å²) in [7, 11) is 1.36. The second-order valence-electron chi connectivity index (χ2n) is 6.65. The molecule has 7 heteroatoms. The first-order chi connectivity index (χ1) is 14.7. The van der Waals surface area contributed by atoms with Gasteiger partial charge in [-0.15, -0.1) is 11.8 Å². The van der Waals surface area contributed by atoms with Gasteiger partial charge in [0.15, 0.2) is 0 Å². The Kier molecular flexibility index (Phi) is 5.87. The van der Waals surface area contributed by atoms with Crippen LogP contribution in [0.15, 0.2) is 59.4 Å². The van der Waals surface area contributed by atoms with E-state index in [9.17, 15) is 10.1 Å². The first kappa shape index (κ1) is 19.8. The van der Waals surface area contributed by atoms with Crippen molar-refractivity contribution in [2.45, 2.75) is 13.0 Å². The normalized spacial score (nSPS) is 12.9. The van der Waals surface area contributed by atoms with Crippen molar-refractivity contribution in [2.75, 3.05) is 18.2 Å². The van der Waals surface area contributed by atoms with Crippen LogP contribution in [0.4, 0.5) is 5.82 Å². The number of furan rings is 1. The van der Waals surface area contributed by atoms with Crippen LogP contribution in [0.1, 0.15) is 33.6 Å². The van der Waals surface area contributed by atoms with E-state index in [1.54, 1.807) is 36.4 Å². The minimum absolute atomic E-state index is 0.372. The number of nitrogens with one attached hydrogen (secondary N) is 1. The number of carbonyl (C=O) groups is 1. The van der Waals surface area contributed by atoms with Crippen LogP contribution < -0.4 is 5.32 Å². The number of carbonyl (C=O) groups excluding carboxylic acids is 1. The maximum Gasteiger partial charge on any atom is 0.337 e. The number of nitriles is 1. The number of aromatic nitrogens is 1. The lowest BCUT2D eigenvalue weighted by molar-refractivity contribution is 0.0600.